The summed E-state index contributed by atoms with van der Waals surface area (Å²) in [7, 11) is 0. The average molecular weight is 399 g/mol. The molecule has 1 N–H and O–H groups in total. The first-order valence-electron chi connectivity index (χ1n) is 10.5. The van der Waals surface area contributed by atoms with Crippen molar-refractivity contribution in [2.75, 3.05) is 31.1 Å². The Balaban J connectivity index is 1.76. The number of benzene rings is 2. The summed E-state index contributed by atoms with van der Waals surface area (Å²) >= 11 is 0. The van der Waals surface area contributed by atoms with Gasteiger partial charge in [0.1, 0.15) is 11.6 Å². The molecular weight excluding hydrogens is 363 g/mol. The van der Waals surface area contributed by atoms with Crippen LogP contribution in [0, 0.1) is 5.82 Å². The Hall–Kier alpha value is -2.07. The fraction of sp³-hybridized carbons (Fsp3) is 0.520. The molecule has 158 valence electrons. The van der Waals surface area contributed by atoms with Crippen LogP contribution in [0.3, 0.4) is 0 Å². The van der Waals surface area contributed by atoms with E-state index in [4.69, 9.17) is 0 Å². The summed E-state index contributed by atoms with van der Waals surface area (Å²) in [5, 5.41) is 10.9. The molecule has 1 aliphatic rings. The van der Waals surface area contributed by atoms with E-state index in [0.717, 1.165) is 49.5 Å². The highest BCUT2D eigenvalue weighted by molar-refractivity contribution is 5.50. The highest BCUT2D eigenvalue weighted by atomic mass is 19.1. The summed E-state index contributed by atoms with van der Waals surface area (Å²) in [6, 6.07) is 11.1. The quantitative estimate of drug-likeness (QED) is 0.745. The molecule has 3 rings (SSSR count). The van der Waals surface area contributed by atoms with Gasteiger partial charge in [0, 0.05) is 38.4 Å². The van der Waals surface area contributed by atoms with Gasteiger partial charge in [0.05, 0.1) is 0 Å². The molecule has 0 unspecified atom stereocenters. The first-order chi connectivity index (χ1) is 13.4. The number of piperazine rings is 1. The summed E-state index contributed by atoms with van der Waals surface area (Å²) < 4.78 is 13.2. The average Bonchev–Trinajstić information content (AvgIpc) is 2.62. The molecule has 1 aliphatic heterocycles. The van der Waals surface area contributed by atoms with Gasteiger partial charge in [0.25, 0.3) is 0 Å². The van der Waals surface area contributed by atoms with E-state index in [-0.39, 0.29) is 16.6 Å². The maximum atomic E-state index is 13.2. The Morgan fingerprint density at radius 3 is 1.76 bits per heavy atom. The van der Waals surface area contributed by atoms with E-state index in [2.05, 4.69) is 63.5 Å². The summed E-state index contributed by atoms with van der Waals surface area (Å²) in [6.45, 7) is 17.6. The van der Waals surface area contributed by atoms with Crippen LogP contribution in [0.4, 0.5) is 10.1 Å². The highest BCUT2D eigenvalue weighted by Gasteiger charge is 2.27. The Kier molecular flexibility index (Phi) is 5.96. The van der Waals surface area contributed by atoms with Crippen molar-refractivity contribution in [3.63, 3.8) is 0 Å². The molecule has 0 aromatic heterocycles. The molecule has 1 fully saturated rings. The molecular formula is C25H35FN2O. The number of hydrogen-bond donors (Lipinski definition) is 1. The minimum absolute atomic E-state index is 0.110. The van der Waals surface area contributed by atoms with Crippen LogP contribution in [0.2, 0.25) is 0 Å². The van der Waals surface area contributed by atoms with Gasteiger partial charge in [-0.2, -0.15) is 0 Å². The zero-order chi connectivity index (χ0) is 21.4. The van der Waals surface area contributed by atoms with Gasteiger partial charge < -0.3 is 10.0 Å². The van der Waals surface area contributed by atoms with Crippen LogP contribution in [0.15, 0.2) is 36.4 Å². The van der Waals surface area contributed by atoms with Crippen molar-refractivity contribution in [1.82, 2.24) is 4.90 Å². The number of nitrogens with zero attached hydrogens (tertiary/aromatic N) is 2. The standard InChI is InChI=1S/C25H35FN2O/c1-24(2,3)21-15-18(16-22(23(21)29)25(4,5)6)17-27-11-13-28(14-12-27)20-9-7-19(26)8-10-20/h7-10,15-16,29H,11-14,17H2,1-6H3. The first kappa shape index (κ1) is 21.6. The third-order valence-electron chi connectivity index (χ3n) is 5.76. The van der Waals surface area contributed by atoms with Gasteiger partial charge in [-0.1, -0.05) is 53.7 Å². The Morgan fingerprint density at radius 2 is 1.31 bits per heavy atom. The molecule has 1 saturated heterocycles. The zero-order valence-corrected chi connectivity index (χ0v) is 18.7. The normalized spacial score (nSPS) is 16.3. The molecule has 0 aliphatic carbocycles. The van der Waals surface area contributed by atoms with E-state index in [0.29, 0.717) is 5.75 Å². The van der Waals surface area contributed by atoms with Crippen molar-refractivity contribution in [1.29, 1.82) is 0 Å². The second kappa shape index (κ2) is 7.98. The lowest BCUT2D eigenvalue weighted by Crippen LogP contribution is -2.46. The zero-order valence-electron chi connectivity index (χ0n) is 18.7. The number of anilines is 1. The predicted molar refractivity (Wildman–Crippen MR) is 119 cm³/mol. The summed E-state index contributed by atoms with van der Waals surface area (Å²) in [5.41, 5.74) is 4.16. The van der Waals surface area contributed by atoms with Crippen molar-refractivity contribution < 1.29 is 9.50 Å². The lowest BCUT2D eigenvalue weighted by atomic mass is 9.78. The van der Waals surface area contributed by atoms with Crippen LogP contribution in [0.25, 0.3) is 0 Å². The molecule has 0 bridgehead atoms. The molecule has 1 heterocycles. The van der Waals surface area contributed by atoms with Crippen molar-refractivity contribution >= 4 is 5.69 Å². The van der Waals surface area contributed by atoms with Crippen molar-refractivity contribution in [2.45, 2.75) is 58.9 Å². The van der Waals surface area contributed by atoms with E-state index in [1.165, 1.54) is 17.7 Å². The SMILES string of the molecule is CC(C)(C)c1cc(CN2CCN(c3ccc(F)cc3)CC2)cc(C(C)(C)C)c1O. The minimum atomic E-state index is -0.191. The van der Waals surface area contributed by atoms with E-state index in [1.54, 1.807) is 0 Å². The van der Waals surface area contributed by atoms with Crippen LogP contribution in [-0.4, -0.2) is 36.2 Å². The van der Waals surface area contributed by atoms with Crippen LogP contribution < -0.4 is 4.90 Å². The molecule has 0 atom stereocenters. The second-order valence-electron chi connectivity index (χ2n) is 10.3. The lowest BCUT2D eigenvalue weighted by molar-refractivity contribution is 0.249. The van der Waals surface area contributed by atoms with E-state index in [9.17, 15) is 9.50 Å². The molecule has 0 saturated carbocycles. The minimum Gasteiger partial charge on any atom is -0.507 e. The van der Waals surface area contributed by atoms with Gasteiger partial charge in [-0.15, -0.1) is 0 Å². The molecule has 4 heteroatoms. The highest BCUT2D eigenvalue weighted by Crippen LogP contribution is 2.40. The maximum Gasteiger partial charge on any atom is 0.123 e. The predicted octanol–water partition coefficient (Wildman–Crippen LogP) is 5.45. The molecule has 29 heavy (non-hydrogen) atoms. The van der Waals surface area contributed by atoms with Crippen LogP contribution in [-0.2, 0) is 17.4 Å². The van der Waals surface area contributed by atoms with Crippen molar-refractivity contribution in [2.24, 2.45) is 0 Å². The maximum absolute atomic E-state index is 13.2. The van der Waals surface area contributed by atoms with E-state index >= 15 is 0 Å². The number of phenolic OH excluding ortho intramolecular Hbond substituents is 1. The second-order valence-corrected chi connectivity index (χ2v) is 10.3. The molecule has 0 spiro atoms. The summed E-state index contributed by atoms with van der Waals surface area (Å²) in [5.74, 6) is 0.249. The van der Waals surface area contributed by atoms with Gasteiger partial charge in [0.2, 0.25) is 0 Å². The topological polar surface area (TPSA) is 26.7 Å². The fourth-order valence-corrected chi connectivity index (χ4v) is 4.00. The third-order valence-corrected chi connectivity index (χ3v) is 5.76. The van der Waals surface area contributed by atoms with E-state index < -0.39 is 0 Å². The molecule has 3 nitrogen and oxygen atoms in total. The molecule has 0 amide bonds. The molecule has 2 aromatic rings. The van der Waals surface area contributed by atoms with Crippen molar-refractivity contribution in [3.05, 3.63) is 58.9 Å². The van der Waals surface area contributed by atoms with E-state index in [1.807, 2.05) is 12.1 Å². The van der Waals surface area contributed by atoms with Gasteiger partial charge in [-0.3, -0.25) is 4.90 Å². The fourth-order valence-electron chi connectivity index (χ4n) is 4.00. The van der Waals surface area contributed by atoms with Gasteiger partial charge in [-0.25, -0.2) is 4.39 Å². The summed E-state index contributed by atoms with van der Waals surface area (Å²) in [6.07, 6.45) is 0. The number of hydrogen-bond acceptors (Lipinski definition) is 3. The number of aromatic hydroxyl groups is 1. The Bertz CT molecular complexity index is 804. The molecule has 2 aromatic carbocycles. The first-order valence-corrected chi connectivity index (χ1v) is 10.5. The molecule has 0 radical (unpaired) electrons. The number of phenols is 1. The van der Waals surface area contributed by atoms with Crippen LogP contribution in [0.5, 0.6) is 5.75 Å². The lowest BCUT2D eigenvalue weighted by Gasteiger charge is -2.36. The Labute approximate surface area is 175 Å². The van der Waals surface area contributed by atoms with Gasteiger partial charge in [-0.05, 0) is 51.8 Å². The monoisotopic (exact) mass is 398 g/mol. The number of rotatable bonds is 3. The Morgan fingerprint density at radius 1 is 0.828 bits per heavy atom. The smallest absolute Gasteiger partial charge is 0.123 e. The van der Waals surface area contributed by atoms with Crippen LogP contribution >= 0.6 is 0 Å². The van der Waals surface area contributed by atoms with Crippen LogP contribution in [0.1, 0.15) is 58.2 Å². The third kappa shape index (κ3) is 5.11. The van der Waals surface area contributed by atoms with Crippen molar-refractivity contribution in [3.8, 4) is 5.75 Å². The largest absolute Gasteiger partial charge is 0.507 e. The van der Waals surface area contributed by atoms with Gasteiger partial charge in [0.15, 0.2) is 0 Å². The van der Waals surface area contributed by atoms with Gasteiger partial charge >= 0.3 is 0 Å². The summed E-state index contributed by atoms with van der Waals surface area (Å²) in [4.78, 5) is 4.78. The number of halogens is 1.